The number of morpholine rings is 1. The van der Waals surface area contributed by atoms with Crippen LogP contribution < -0.4 is 10.1 Å². The molecule has 0 aromatic heterocycles. The molecule has 3 rings (SSSR count). The molecule has 0 aliphatic carbocycles. The van der Waals surface area contributed by atoms with Crippen molar-refractivity contribution in [3.63, 3.8) is 0 Å². The Bertz CT molecular complexity index is 906. The zero-order valence-electron chi connectivity index (χ0n) is 15.8. The number of nitrogens with zero attached hydrogens (tertiary/aromatic N) is 1. The predicted molar refractivity (Wildman–Crippen MR) is 106 cm³/mol. The van der Waals surface area contributed by atoms with E-state index in [2.05, 4.69) is 5.32 Å². The first-order valence-electron chi connectivity index (χ1n) is 9.19. The van der Waals surface area contributed by atoms with Gasteiger partial charge in [0.05, 0.1) is 36.9 Å². The first-order valence-corrected chi connectivity index (χ1v) is 10.6. The van der Waals surface area contributed by atoms with Crippen molar-refractivity contribution in [3.8, 4) is 5.75 Å². The van der Waals surface area contributed by atoms with Crippen LogP contribution >= 0.6 is 0 Å². The number of benzene rings is 2. The minimum atomic E-state index is -3.56. The lowest BCUT2D eigenvalue weighted by Gasteiger charge is -2.26. The van der Waals surface area contributed by atoms with E-state index in [-0.39, 0.29) is 17.2 Å². The molecule has 1 fully saturated rings. The molecule has 0 unspecified atom stereocenters. The average molecular weight is 404 g/mol. The Morgan fingerprint density at radius 2 is 1.79 bits per heavy atom. The summed E-state index contributed by atoms with van der Waals surface area (Å²) in [6.07, 6.45) is 0. The van der Waals surface area contributed by atoms with Crippen LogP contribution in [0.1, 0.15) is 17.3 Å². The van der Waals surface area contributed by atoms with Crippen molar-refractivity contribution in [2.45, 2.75) is 11.8 Å². The first kappa shape index (κ1) is 20.3. The van der Waals surface area contributed by atoms with Gasteiger partial charge in [0.15, 0.2) is 5.78 Å². The van der Waals surface area contributed by atoms with Gasteiger partial charge in [-0.05, 0) is 43.3 Å². The molecule has 0 bridgehead atoms. The van der Waals surface area contributed by atoms with E-state index in [1.165, 1.54) is 16.4 Å². The van der Waals surface area contributed by atoms with Gasteiger partial charge in [-0.2, -0.15) is 4.31 Å². The summed E-state index contributed by atoms with van der Waals surface area (Å²) in [7, 11) is -3.56. The van der Waals surface area contributed by atoms with Gasteiger partial charge in [-0.3, -0.25) is 4.79 Å². The van der Waals surface area contributed by atoms with Gasteiger partial charge in [0.1, 0.15) is 5.75 Å². The van der Waals surface area contributed by atoms with E-state index in [1.807, 2.05) is 31.2 Å². The molecule has 1 aliphatic heterocycles. The van der Waals surface area contributed by atoms with Gasteiger partial charge < -0.3 is 14.8 Å². The number of carbonyl (C=O) groups excluding carboxylic acids is 1. The number of ketones is 1. The van der Waals surface area contributed by atoms with Gasteiger partial charge in [-0.25, -0.2) is 8.42 Å². The molecule has 1 N–H and O–H groups in total. The lowest BCUT2D eigenvalue weighted by atomic mass is 10.1. The Labute approximate surface area is 165 Å². The molecular weight excluding hydrogens is 380 g/mol. The van der Waals surface area contributed by atoms with Crippen LogP contribution in [0.5, 0.6) is 5.75 Å². The quantitative estimate of drug-likeness (QED) is 0.680. The second-order valence-electron chi connectivity index (χ2n) is 6.25. The highest BCUT2D eigenvalue weighted by Crippen LogP contribution is 2.24. The summed E-state index contributed by atoms with van der Waals surface area (Å²) in [6.45, 7) is 3.98. The number of nitrogens with one attached hydrogen (secondary N) is 1. The Kier molecular flexibility index (Phi) is 6.66. The number of anilines is 1. The third-order valence-corrected chi connectivity index (χ3v) is 6.32. The van der Waals surface area contributed by atoms with Crippen LogP contribution in [0.25, 0.3) is 0 Å². The Morgan fingerprint density at radius 1 is 1.11 bits per heavy atom. The fourth-order valence-electron chi connectivity index (χ4n) is 2.92. The van der Waals surface area contributed by atoms with Crippen LogP contribution in [0.3, 0.4) is 0 Å². The molecule has 0 amide bonds. The lowest BCUT2D eigenvalue weighted by molar-refractivity contribution is 0.0730. The number of Topliss-reactive ketones (excluding diaryl/α,β-unsaturated/α-hetero) is 1. The standard InChI is InChI=1S/C20H24N2O5S/c1-2-27-20-6-4-3-5-18(20)21-15-19(23)16-7-9-17(10-8-16)28(24,25)22-11-13-26-14-12-22/h3-10,21H,2,11-15H2,1H3. The van der Waals surface area contributed by atoms with Crippen LogP contribution in [-0.4, -0.2) is 58.0 Å². The molecule has 150 valence electrons. The first-order chi connectivity index (χ1) is 13.5. The maximum absolute atomic E-state index is 12.6. The molecule has 2 aromatic rings. The monoisotopic (exact) mass is 404 g/mol. The van der Waals surface area contributed by atoms with Crippen LogP contribution in [0.2, 0.25) is 0 Å². The number of hydrogen-bond donors (Lipinski definition) is 1. The van der Waals surface area contributed by atoms with Gasteiger partial charge >= 0.3 is 0 Å². The Balaban J connectivity index is 1.65. The van der Waals surface area contributed by atoms with Crippen molar-refractivity contribution >= 4 is 21.5 Å². The van der Waals surface area contributed by atoms with Crippen LogP contribution in [-0.2, 0) is 14.8 Å². The molecule has 0 atom stereocenters. The fourth-order valence-corrected chi connectivity index (χ4v) is 4.33. The summed E-state index contributed by atoms with van der Waals surface area (Å²) in [6, 6.07) is 13.5. The van der Waals surface area contributed by atoms with Gasteiger partial charge in [0, 0.05) is 18.7 Å². The summed E-state index contributed by atoms with van der Waals surface area (Å²) >= 11 is 0. The maximum atomic E-state index is 12.6. The van der Waals surface area contributed by atoms with Crippen molar-refractivity contribution in [3.05, 3.63) is 54.1 Å². The van der Waals surface area contributed by atoms with Crippen LogP contribution in [0.4, 0.5) is 5.69 Å². The van der Waals surface area contributed by atoms with E-state index in [1.54, 1.807) is 12.1 Å². The summed E-state index contributed by atoms with van der Waals surface area (Å²) in [5.41, 5.74) is 1.19. The molecular formula is C20H24N2O5S. The highest BCUT2D eigenvalue weighted by molar-refractivity contribution is 7.89. The van der Waals surface area contributed by atoms with E-state index in [4.69, 9.17) is 9.47 Å². The third kappa shape index (κ3) is 4.70. The van der Waals surface area contributed by atoms with Crippen LogP contribution in [0.15, 0.2) is 53.4 Å². The Morgan fingerprint density at radius 3 is 2.46 bits per heavy atom. The predicted octanol–water partition coefficient (Wildman–Crippen LogP) is 2.40. The molecule has 1 saturated heterocycles. The van der Waals surface area contributed by atoms with Gasteiger partial charge in [0.25, 0.3) is 0 Å². The lowest BCUT2D eigenvalue weighted by Crippen LogP contribution is -2.40. The molecule has 7 nitrogen and oxygen atoms in total. The van der Waals surface area contributed by atoms with Crippen molar-refractivity contribution in [1.82, 2.24) is 4.31 Å². The minimum Gasteiger partial charge on any atom is -0.492 e. The van der Waals surface area contributed by atoms with E-state index >= 15 is 0 Å². The summed E-state index contributed by atoms with van der Waals surface area (Å²) in [5, 5.41) is 3.08. The SMILES string of the molecule is CCOc1ccccc1NCC(=O)c1ccc(S(=O)(=O)N2CCOCC2)cc1. The normalized spacial score (nSPS) is 15.2. The molecule has 2 aromatic carbocycles. The number of hydrogen-bond acceptors (Lipinski definition) is 6. The fraction of sp³-hybridized carbons (Fsp3) is 0.350. The minimum absolute atomic E-state index is 0.0830. The molecule has 1 aliphatic rings. The molecule has 8 heteroatoms. The van der Waals surface area contributed by atoms with Gasteiger partial charge in [-0.1, -0.05) is 12.1 Å². The topological polar surface area (TPSA) is 84.9 Å². The number of sulfonamides is 1. The van der Waals surface area contributed by atoms with E-state index < -0.39 is 10.0 Å². The Hall–Kier alpha value is -2.42. The van der Waals surface area contributed by atoms with E-state index in [0.717, 1.165) is 5.69 Å². The zero-order chi connectivity index (χ0) is 20.0. The number of rotatable bonds is 8. The molecule has 0 spiro atoms. The molecule has 0 saturated carbocycles. The van der Waals surface area contributed by atoms with Crippen molar-refractivity contribution in [2.75, 3.05) is 44.8 Å². The summed E-state index contributed by atoms with van der Waals surface area (Å²) in [5.74, 6) is 0.548. The maximum Gasteiger partial charge on any atom is 0.243 e. The summed E-state index contributed by atoms with van der Waals surface area (Å²) < 4.78 is 37.4. The van der Waals surface area contributed by atoms with Gasteiger partial charge in [-0.15, -0.1) is 0 Å². The highest BCUT2D eigenvalue weighted by Gasteiger charge is 2.26. The number of ether oxygens (including phenoxy) is 2. The van der Waals surface area contributed by atoms with Crippen molar-refractivity contribution in [1.29, 1.82) is 0 Å². The molecule has 28 heavy (non-hydrogen) atoms. The summed E-state index contributed by atoms with van der Waals surface area (Å²) in [4.78, 5) is 12.7. The zero-order valence-corrected chi connectivity index (χ0v) is 16.6. The smallest absolute Gasteiger partial charge is 0.243 e. The van der Waals surface area contributed by atoms with E-state index in [0.29, 0.717) is 44.2 Å². The van der Waals surface area contributed by atoms with Gasteiger partial charge in [0.2, 0.25) is 10.0 Å². The highest BCUT2D eigenvalue weighted by atomic mass is 32.2. The molecule has 1 heterocycles. The van der Waals surface area contributed by atoms with Crippen molar-refractivity contribution < 1.29 is 22.7 Å². The molecule has 0 radical (unpaired) electrons. The number of para-hydroxylation sites is 2. The number of carbonyl (C=O) groups is 1. The largest absolute Gasteiger partial charge is 0.492 e. The van der Waals surface area contributed by atoms with E-state index in [9.17, 15) is 13.2 Å². The average Bonchev–Trinajstić information content (AvgIpc) is 2.74. The second kappa shape index (κ2) is 9.18. The second-order valence-corrected chi connectivity index (χ2v) is 8.18. The van der Waals surface area contributed by atoms with Crippen molar-refractivity contribution in [2.24, 2.45) is 0 Å². The third-order valence-electron chi connectivity index (χ3n) is 4.41. The van der Waals surface area contributed by atoms with Crippen LogP contribution in [0, 0.1) is 0 Å².